The van der Waals surface area contributed by atoms with E-state index in [-0.39, 0.29) is 19.1 Å². The Hall–Kier alpha value is -2.05. The van der Waals surface area contributed by atoms with E-state index in [1.54, 1.807) is 13.8 Å². The lowest BCUT2D eigenvalue weighted by Gasteiger charge is -2.19. The van der Waals surface area contributed by atoms with Gasteiger partial charge in [-0.3, -0.25) is 4.79 Å². The maximum absolute atomic E-state index is 11.2. The molecule has 0 atom stereocenters. The Labute approximate surface area is 99.1 Å². The van der Waals surface area contributed by atoms with E-state index >= 15 is 0 Å². The number of urea groups is 1. The molecule has 0 heterocycles. The largest absolute Gasteiger partial charge is 0.479 e. The highest BCUT2D eigenvalue weighted by Gasteiger charge is 2.22. The van der Waals surface area contributed by atoms with Crippen LogP contribution in [-0.2, 0) is 19.1 Å². The molecule has 0 radical (unpaired) electrons. The van der Waals surface area contributed by atoms with E-state index in [2.05, 4.69) is 4.74 Å². The minimum absolute atomic E-state index is 0.169. The summed E-state index contributed by atoms with van der Waals surface area (Å²) in [5.74, 6) is -1.61. The number of nitrogens with two attached hydrogens (primary N) is 1. The van der Waals surface area contributed by atoms with E-state index < -0.39 is 17.9 Å². The fourth-order valence-electron chi connectivity index (χ4n) is 1.02. The van der Waals surface area contributed by atoms with Crippen LogP contribution in [0.25, 0.3) is 0 Å². The van der Waals surface area contributed by atoms with Gasteiger partial charge in [0.1, 0.15) is 0 Å². The average Bonchev–Trinajstić information content (AvgIpc) is 2.16. The SMILES string of the molecule is CCOC(=O)C=C(OCC)N(C(C)=O)C(N)=O. The molecule has 17 heavy (non-hydrogen) atoms. The van der Waals surface area contributed by atoms with Crippen molar-refractivity contribution in [2.45, 2.75) is 20.8 Å². The Bertz CT molecular complexity index is 324. The molecule has 3 amide bonds. The van der Waals surface area contributed by atoms with E-state index in [0.717, 1.165) is 13.0 Å². The van der Waals surface area contributed by atoms with Crippen LogP contribution in [-0.4, -0.2) is 36.0 Å². The molecule has 0 fully saturated rings. The van der Waals surface area contributed by atoms with Crippen LogP contribution in [0.2, 0.25) is 0 Å². The maximum atomic E-state index is 11.2. The molecule has 2 N–H and O–H groups in total. The van der Waals surface area contributed by atoms with Gasteiger partial charge in [0.2, 0.25) is 11.8 Å². The molecule has 0 aromatic heterocycles. The summed E-state index contributed by atoms with van der Waals surface area (Å²) in [5, 5.41) is 0. The van der Waals surface area contributed by atoms with Gasteiger partial charge >= 0.3 is 12.0 Å². The molecule has 0 saturated carbocycles. The minimum atomic E-state index is -1.03. The van der Waals surface area contributed by atoms with Crippen LogP contribution < -0.4 is 5.73 Å². The van der Waals surface area contributed by atoms with Gasteiger partial charge in [0.25, 0.3) is 0 Å². The van der Waals surface area contributed by atoms with Gasteiger partial charge in [-0.15, -0.1) is 0 Å². The van der Waals surface area contributed by atoms with Crippen LogP contribution >= 0.6 is 0 Å². The van der Waals surface area contributed by atoms with Crippen LogP contribution in [0.5, 0.6) is 0 Å². The van der Waals surface area contributed by atoms with Crippen LogP contribution in [0.4, 0.5) is 4.79 Å². The van der Waals surface area contributed by atoms with Gasteiger partial charge in [0.05, 0.1) is 19.3 Å². The molecule has 0 aliphatic rings. The van der Waals surface area contributed by atoms with E-state index in [9.17, 15) is 14.4 Å². The second-order valence-corrected chi connectivity index (χ2v) is 2.86. The van der Waals surface area contributed by atoms with Gasteiger partial charge in [-0.25, -0.2) is 14.5 Å². The van der Waals surface area contributed by atoms with Crippen molar-refractivity contribution in [3.05, 3.63) is 12.0 Å². The summed E-state index contributed by atoms with van der Waals surface area (Å²) in [4.78, 5) is 34.0. The number of carbonyl (C=O) groups is 3. The Morgan fingerprint density at radius 1 is 1.18 bits per heavy atom. The first-order valence-corrected chi connectivity index (χ1v) is 5.05. The zero-order valence-corrected chi connectivity index (χ0v) is 10.1. The van der Waals surface area contributed by atoms with E-state index in [4.69, 9.17) is 10.5 Å². The van der Waals surface area contributed by atoms with Crippen molar-refractivity contribution in [3.63, 3.8) is 0 Å². The Balaban J connectivity index is 5.10. The van der Waals surface area contributed by atoms with Gasteiger partial charge in [-0.05, 0) is 13.8 Å². The number of amides is 3. The van der Waals surface area contributed by atoms with Crippen molar-refractivity contribution in [1.29, 1.82) is 0 Å². The molecule has 0 aliphatic carbocycles. The second-order valence-electron chi connectivity index (χ2n) is 2.86. The predicted octanol–water partition coefficient (Wildman–Crippen LogP) is 0.355. The molecular weight excluding hydrogens is 228 g/mol. The standard InChI is InChI=1S/C10H16N2O5/c1-4-16-8(6-9(14)17-5-2)12(7(3)13)10(11)15/h6H,4-5H2,1-3H3,(H2,11,15). The van der Waals surface area contributed by atoms with Crippen LogP contribution in [0, 0.1) is 0 Å². The third-order valence-corrected chi connectivity index (χ3v) is 1.58. The highest BCUT2D eigenvalue weighted by Crippen LogP contribution is 2.07. The van der Waals surface area contributed by atoms with E-state index in [1.165, 1.54) is 0 Å². The molecule has 0 unspecified atom stereocenters. The van der Waals surface area contributed by atoms with Crippen molar-refractivity contribution in [3.8, 4) is 0 Å². The van der Waals surface area contributed by atoms with Crippen molar-refractivity contribution in [2.75, 3.05) is 13.2 Å². The number of ether oxygens (including phenoxy) is 2. The Morgan fingerprint density at radius 2 is 1.71 bits per heavy atom. The second kappa shape index (κ2) is 7.26. The van der Waals surface area contributed by atoms with Crippen LogP contribution in [0.1, 0.15) is 20.8 Å². The third kappa shape index (κ3) is 5.01. The number of hydrogen-bond donors (Lipinski definition) is 1. The highest BCUT2D eigenvalue weighted by atomic mass is 16.5. The topological polar surface area (TPSA) is 98.9 Å². The summed E-state index contributed by atoms with van der Waals surface area (Å²) in [7, 11) is 0. The summed E-state index contributed by atoms with van der Waals surface area (Å²) in [6.45, 7) is 4.73. The van der Waals surface area contributed by atoms with Crippen LogP contribution in [0.3, 0.4) is 0 Å². The zero-order valence-electron chi connectivity index (χ0n) is 10.1. The lowest BCUT2D eigenvalue weighted by molar-refractivity contribution is -0.137. The molecule has 96 valence electrons. The fourth-order valence-corrected chi connectivity index (χ4v) is 1.02. The number of imide groups is 1. The van der Waals surface area contributed by atoms with Gasteiger partial charge in [-0.2, -0.15) is 0 Å². The lowest BCUT2D eigenvalue weighted by Crippen LogP contribution is -2.39. The number of rotatable bonds is 5. The van der Waals surface area contributed by atoms with Crippen molar-refractivity contribution in [2.24, 2.45) is 5.73 Å². The van der Waals surface area contributed by atoms with Gasteiger partial charge in [-0.1, -0.05) is 0 Å². The number of carbonyl (C=O) groups excluding carboxylic acids is 3. The monoisotopic (exact) mass is 244 g/mol. The first-order valence-electron chi connectivity index (χ1n) is 5.05. The molecule has 0 spiro atoms. The number of hydrogen-bond acceptors (Lipinski definition) is 5. The molecule has 7 nitrogen and oxygen atoms in total. The van der Waals surface area contributed by atoms with Crippen LogP contribution in [0.15, 0.2) is 12.0 Å². The molecule has 0 rings (SSSR count). The molecule has 0 bridgehead atoms. The smallest absolute Gasteiger partial charge is 0.336 e. The van der Waals surface area contributed by atoms with Crippen molar-refractivity contribution >= 4 is 17.9 Å². The number of nitrogens with zero attached hydrogens (tertiary/aromatic N) is 1. The van der Waals surface area contributed by atoms with E-state index in [0.29, 0.717) is 4.90 Å². The summed E-state index contributed by atoms with van der Waals surface area (Å²) in [6, 6.07) is -1.03. The maximum Gasteiger partial charge on any atom is 0.336 e. The predicted molar refractivity (Wildman–Crippen MR) is 58.4 cm³/mol. The third-order valence-electron chi connectivity index (χ3n) is 1.58. The Morgan fingerprint density at radius 3 is 2.06 bits per heavy atom. The van der Waals surface area contributed by atoms with Crippen molar-refractivity contribution in [1.82, 2.24) is 4.90 Å². The summed E-state index contributed by atoms with van der Waals surface area (Å²) >= 11 is 0. The quantitative estimate of drug-likeness (QED) is 0.427. The number of esters is 1. The molecule has 7 heteroatoms. The number of primary amides is 1. The van der Waals surface area contributed by atoms with Gasteiger partial charge in [0.15, 0.2) is 0 Å². The van der Waals surface area contributed by atoms with Gasteiger partial charge < -0.3 is 15.2 Å². The summed E-state index contributed by atoms with van der Waals surface area (Å²) in [6.07, 6.45) is 0.902. The molecular formula is C10H16N2O5. The molecule has 0 saturated heterocycles. The van der Waals surface area contributed by atoms with E-state index in [1.807, 2.05) is 0 Å². The zero-order chi connectivity index (χ0) is 13.4. The Kier molecular flexibility index (Phi) is 6.39. The molecule has 0 aromatic carbocycles. The highest BCUT2D eigenvalue weighted by molar-refractivity contribution is 5.95. The normalized spacial score (nSPS) is 10.6. The fraction of sp³-hybridized carbons (Fsp3) is 0.500. The first kappa shape index (κ1) is 14.9. The lowest BCUT2D eigenvalue weighted by atomic mass is 10.5. The van der Waals surface area contributed by atoms with Gasteiger partial charge in [0, 0.05) is 6.92 Å². The van der Waals surface area contributed by atoms with Crippen molar-refractivity contribution < 1.29 is 23.9 Å². The summed E-state index contributed by atoms with van der Waals surface area (Å²) < 4.78 is 9.65. The molecule has 0 aromatic rings. The first-order chi connectivity index (χ1) is 7.93. The average molecular weight is 244 g/mol. The summed E-state index contributed by atoms with van der Waals surface area (Å²) in [5.41, 5.74) is 5.01. The molecule has 0 aliphatic heterocycles. The minimum Gasteiger partial charge on any atom is -0.479 e.